The zero-order chi connectivity index (χ0) is 17.5. The first-order valence-corrected chi connectivity index (χ1v) is 8.23. The van der Waals surface area contributed by atoms with Crippen LogP contribution in [0.2, 0.25) is 0 Å². The number of hydrogen-bond donors (Lipinski definition) is 1. The van der Waals surface area contributed by atoms with Crippen LogP contribution in [0.25, 0.3) is 0 Å². The van der Waals surface area contributed by atoms with E-state index in [-0.39, 0.29) is 11.9 Å². The van der Waals surface area contributed by atoms with E-state index in [9.17, 15) is 4.79 Å². The summed E-state index contributed by atoms with van der Waals surface area (Å²) in [4.78, 5) is 12.3. The maximum Gasteiger partial charge on any atom is 0.261 e. The van der Waals surface area contributed by atoms with Gasteiger partial charge in [-0.2, -0.15) is 0 Å². The third-order valence-corrected chi connectivity index (χ3v) is 3.99. The van der Waals surface area contributed by atoms with Gasteiger partial charge in [-0.05, 0) is 55.7 Å². The average Bonchev–Trinajstić information content (AvgIpc) is 2.62. The topological polar surface area (TPSA) is 47.6 Å². The number of aryl methyl sites for hydroxylation is 1. The molecule has 0 spiro atoms. The Kier molecular flexibility index (Phi) is 6.24. The molecule has 0 aliphatic heterocycles. The summed E-state index contributed by atoms with van der Waals surface area (Å²) in [6.45, 7) is 5.84. The van der Waals surface area contributed by atoms with Crippen LogP contribution in [0.4, 0.5) is 0 Å². The zero-order valence-corrected chi connectivity index (χ0v) is 14.7. The molecule has 2 atom stereocenters. The van der Waals surface area contributed by atoms with Crippen LogP contribution in [-0.4, -0.2) is 19.1 Å². The molecule has 0 aromatic heterocycles. The van der Waals surface area contributed by atoms with Crippen molar-refractivity contribution in [3.63, 3.8) is 0 Å². The highest BCUT2D eigenvalue weighted by atomic mass is 16.5. The molecule has 2 aromatic rings. The zero-order valence-electron chi connectivity index (χ0n) is 14.7. The Morgan fingerprint density at radius 1 is 1.00 bits per heavy atom. The molecular weight excluding hydrogens is 302 g/mol. The normalized spacial score (nSPS) is 13.0. The van der Waals surface area contributed by atoms with Crippen LogP contribution in [0.1, 0.15) is 37.9 Å². The first-order valence-electron chi connectivity index (χ1n) is 8.23. The van der Waals surface area contributed by atoms with Gasteiger partial charge in [0.2, 0.25) is 0 Å². The van der Waals surface area contributed by atoms with E-state index in [0.717, 1.165) is 17.7 Å². The second kappa shape index (κ2) is 8.39. The fraction of sp³-hybridized carbons (Fsp3) is 0.350. The molecule has 0 aliphatic carbocycles. The summed E-state index contributed by atoms with van der Waals surface area (Å²) in [6, 6.07) is 15.4. The number of carbonyl (C=O) groups is 1. The molecular formula is C20H25NO3. The average molecular weight is 327 g/mol. The van der Waals surface area contributed by atoms with Gasteiger partial charge >= 0.3 is 0 Å². The lowest BCUT2D eigenvalue weighted by Crippen LogP contribution is -2.37. The first-order chi connectivity index (χ1) is 11.5. The molecule has 0 radical (unpaired) electrons. The highest BCUT2D eigenvalue weighted by molar-refractivity contribution is 5.81. The van der Waals surface area contributed by atoms with Crippen LogP contribution in [-0.2, 0) is 11.2 Å². The minimum Gasteiger partial charge on any atom is -0.497 e. The number of ether oxygens (including phenoxy) is 2. The SMILES string of the molecule is CCc1ccc([C@H](C)NC(=O)[C@H](C)Oc2ccc(OC)cc2)cc1. The third-order valence-electron chi connectivity index (χ3n) is 3.99. The Bertz CT molecular complexity index is 650. The number of methoxy groups -OCH3 is 1. The standard InChI is InChI=1S/C20H25NO3/c1-5-16-6-8-17(9-7-16)14(2)21-20(22)15(3)24-19-12-10-18(23-4)11-13-19/h6-15H,5H2,1-4H3,(H,21,22)/t14-,15-/m0/s1. The van der Waals surface area contributed by atoms with Gasteiger partial charge in [0.05, 0.1) is 13.2 Å². The van der Waals surface area contributed by atoms with E-state index in [1.807, 2.05) is 6.92 Å². The number of rotatable bonds is 7. The van der Waals surface area contributed by atoms with Crippen molar-refractivity contribution >= 4 is 5.91 Å². The van der Waals surface area contributed by atoms with Crippen molar-refractivity contribution in [3.05, 3.63) is 59.7 Å². The van der Waals surface area contributed by atoms with Crippen molar-refractivity contribution in [3.8, 4) is 11.5 Å². The summed E-state index contributed by atoms with van der Waals surface area (Å²) >= 11 is 0. The summed E-state index contributed by atoms with van der Waals surface area (Å²) in [5.74, 6) is 1.25. The number of benzene rings is 2. The van der Waals surface area contributed by atoms with Crippen LogP contribution in [0.15, 0.2) is 48.5 Å². The van der Waals surface area contributed by atoms with Gasteiger partial charge in [-0.1, -0.05) is 31.2 Å². The largest absolute Gasteiger partial charge is 0.497 e. The van der Waals surface area contributed by atoms with Crippen molar-refractivity contribution in [2.45, 2.75) is 39.3 Å². The van der Waals surface area contributed by atoms with E-state index >= 15 is 0 Å². The van der Waals surface area contributed by atoms with E-state index in [1.54, 1.807) is 38.3 Å². The molecule has 4 nitrogen and oxygen atoms in total. The number of nitrogens with one attached hydrogen (secondary N) is 1. The molecule has 0 saturated carbocycles. The predicted molar refractivity (Wildman–Crippen MR) is 95.5 cm³/mol. The highest BCUT2D eigenvalue weighted by Crippen LogP contribution is 2.19. The van der Waals surface area contributed by atoms with E-state index in [4.69, 9.17) is 9.47 Å². The molecule has 0 saturated heterocycles. The van der Waals surface area contributed by atoms with Gasteiger partial charge in [0.15, 0.2) is 6.10 Å². The Morgan fingerprint density at radius 2 is 1.58 bits per heavy atom. The van der Waals surface area contributed by atoms with E-state index in [0.29, 0.717) is 5.75 Å². The maximum atomic E-state index is 12.3. The van der Waals surface area contributed by atoms with Crippen LogP contribution >= 0.6 is 0 Å². The van der Waals surface area contributed by atoms with Crippen LogP contribution in [0, 0.1) is 0 Å². The summed E-state index contributed by atoms with van der Waals surface area (Å²) in [5, 5.41) is 2.99. The molecule has 0 fully saturated rings. The summed E-state index contributed by atoms with van der Waals surface area (Å²) in [6.07, 6.45) is 0.434. The molecule has 0 unspecified atom stereocenters. The molecule has 2 aromatic carbocycles. The molecule has 0 heterocycles. The minimum absolute atomic E-state index is 0.0645. The second-order valence-electron chi connectivity index (χ2n) is 5.76. The smallest absolute Gasteiger partial charge is 0.261 e. The van der Waals surface area contributed by atoms with Gasteiger partial charge in [-0.25, -0.2) is 0 Å². The highest BCUT2D eigenvalue weighted by Gasteiger charge is 2.17. The van der Waals surface area contributed by atoms with Gasteiger partial charge in [0.25, 0.3) is 5.91 Å². The van der Waals surface area contributed by atoms with E-state index in [1.165, 1.54) is 5.56 Å². The van der Waals surface area contributed by atoms with Crippen molar-refractivity contribution in [1.82, 2.24) is 5.32 Å². The summed E-state index contributed by atoms with van der Waals surface area (Å²) in [7, 11) is 1.61. The Morgan fingerprint density at radius 3 is 2.12 bits per heavy atom. The molecule has 1 N–H and O–H groups in total. The molecule has 4 heteroatoms. The fourth-order valence-corrected chi connectivity index (χ4v) is 2.37. The van der Waals surface area contributed by atoms with Gasteiger partial charge < -0.3 is 14.8 Å². The third kappa shape index (κ3) is 4.75. The molecule has 1 amide bonds. The lowest BCUT2D eigenvalue weighted by molar-refractivity contribution is -0.127. The van der Waals surface area contributed by atoms with Crippen molar-refractivity contribution < 1.29 is 14.3 Å². The second-order valence-corrected chi connectivity index (χ2v) is 5.76. The molecule has 0 bridgehead atoms. The van der Waals surface area contributed by atoms with Crippen molar-refractivity contribution in [2.24, 2.45) is 0 Å². The van der Waals surface area contributed by atoms with Gasteiger partial charge in [0, 0.05) is 0 Å². The van der Waals surface area contributed by atoms with Crippen LogP contribution in [0.5, 0.6) is 11.5 Å². The summed E-state index contributed by atoms with van der Waals surface area (Å²) in [5.41, 5.74) is 2.37. The maximum absolute atomic E-state index is 12.3. The fourth-order valence-electron chi connectivity index (χ4n) is 2.37. The number of amides is 1. The molecule has 0 aliphatic rings. The molecule has 2 rings (SSSR count). The van der Waals surface area contributed by atoms with Crippen LogP contribution in [0.3, 0.4) is 0 Å². The van der Waals surface area contributed by atoms with Gasteiger partial charge in [0.1, 0.15) is 11.5 Å². The lowest BCUT2D eigenvalue weighted by atomic mass is 10.0. The predicted octanol–water partition coefficient (Wildman–Crippen LogP) is 3.90. The van der Waals surface area contributed by atoms with Crippen molar-refractivity contribution in [2.75, 3.05) is 7.11 Å². The minimum atomic E-state index is -0.573. The lowest BCUT2D eigenvalue weighted by Gasteiger charge is -2.19. The molecule has 128 valence electrons. The Balaban J connectivity index is 1.91. The van der Waals surface area contributed by atoms with Crippen molar-refractivity contribution in [1.29, 1.82) is 0 Å². The number of hydrogen-bond acceptors (Lipinski definition) is 3. The first kappa shape index (κ1) is 17.9. The Labute approximate surface area is 143 Å². The summed E-state index contributed by atoms with van der Waals surface area (Å²) < 4.78 is 10.8. The van der Waals surface area contributed by atoms with E-state index < -0.39 is 6.10 Å². The van der Waals surface area contributed by atoms with Gasteiger partial charge in [-0.15, -0.1) is 0 Å². The monoisotopic (exact) mass is 327 g/mol. The van der Waals surface area contributed by atoms with Crippen LogP contribution < -0.4 is 14.8 Å². The molecule has 24 heavy (non-hydrogen) atoms. The van der Waals surface area contributed by atoms with Gasteiger partial charge in [-0.3, -0.25) is 4.79 Å². The quantitative estimate of drug-likeness (QED) is 0.839. The Hall–Kier alpha value is -2.49. The number of carbonyl (C=O) groups excluding carboxylic acids is 1. The van der Waals surface area contributed by atoms with E-state index in [2.05, 4.69) is 36.5 Å².